The van der Waals surface area contributed by atoms with Crippen LogP contribution in [0.5, 0.6) is 0 Å². The second kappa shape index (κ2) is 8.36. The first-order chi connectivity index (χ1) is 13.2. The topological polar surface area (TPSA) is 76.0 Å². The smallest absolute Gasteiger partial charge is 0.303 e. The van der Waals surface area contributed by atoms with Crippen molar-refractivity contribution in [2.45, 2.75) is 44.8 Å². The van der Waals surface area contributed by atoms with Crippen LogP contribution in [-0.2, 0) is 19.2 Å². The van der Waals surface area contributed by atoms with Crippen LogP contribution in [0.25, 0.3) is 0 Å². The molecule has 3 atom stereocenters. The average molecular weight is 423 g/mol. The Morgan fingerprint density at radius 3 is 1.93 bits per heavy atom. The number of phosphoric acid groups is 1. The second-order valence-corrected chi connectivity index (χ2v) is 9.82. The van der Waals surface area contributed by atoms with Gasteiger partial charge >= 0.3 is 7.82 Å². The third-order valence-corrected chi connectivity index (χ3v) is 6.65. The van der Waals surface area contributed by atoms with Gasteiger partial charge in [-0.1, -0.05) is 74.5 Å². The lowest BCUT2D eigenvalue weighted by Gasteiger charge is -2.47. The normalized spacial score (nSPS) is 22.9. The van der Waals surface area contributed by atoms with Crippen molar-refractivity contribution in [3.63, 3.8) is 0 Å². The van der Waals surface area contributed by atoms with Gasteiger partial charge in [0.25, 0.3) is 0 Å². The van der Waals surface area contributed by atoms with Crippen LogP contribution in [0.3, 0.4) is 0 Å². The molecule has 0 bridgehead atoms. The van der Waals surface area contributed by atoms with Crippen molar-refractivity contribution in [1.29, 1.82) is 0 Å². The first kappa shape index (κ1) is 21.6. The Morgan fingerprint density at radius 1 is 1.00 bits per heavy atom. The molecule has 1 fully saturated rings. The summed E-state index contributed by atoms with van der Waals surface area (Å²) in [6, 6.07) is 20.1. The predicted molar refractivity (Wildman–Crippen MR) is 114 cm³/mol. The van der Waals surface area contributed by atoms with Crippen molar-refractivity contribution in [2.24, 2.45) is 11.3 Å². The quantitative estimate of drug-likeness (QED) is 0.655. The number of phosphoric ester groups is 1. The Balaban J connectivity index is 2.10. The minimum Gasteiger partial charge on any atom is -0.303 e. The van der Waals surface area contributed by atoms with Crippen LogP contribution < -0.4 is 0 Å². The molecule has 7 heteroatoms. The minimum absolute atomic E-state index is 0.00454. The fourth-order valence-corrected chi connectivity index (χ4v) is 5.85. The molecular weight excluding hydrogens is 394 g/mol. The molecule has 0 heterocycles. The van der Waals surface area contributed by atoms with E-state index in [-0.39, 0.29) is 11.3 Å². The van der Waals surface area contributed by atoms with Gasteiger partial charge in [0.1, 0.15) is 9.47 Å². The van der Waals surface area contributed by atoms with Crippen LogP contribution in [0.4, 0.5) is 0 Å². The van der Waals surface area contributed by atoms with Gasteiger partial charge in [-0.3, -0.25) is 4.52 Å². The van der Waals surface area contributed by atoms with Crippen LogP contribution in [-0.4, -0.2) is 15.9 Å². The van der Waals surface area contributed by atoms with Crippen molar-refractivity contribution >= 4 is 17.3 Å². The van der Waals surface area contributed by atoms with Crippen LogP contribution in [0.15, 0.2) is 60.7 Å². The predicted octanol–water partition coefficient (Wildman–Crippen LogP) is 4.77. The molecule has 2 aromatic rings. The van der Waals surface area contributed by atoms with Crippen LogP contribution in [0, 0.1) is 11.3 Å². The molecule has 1 saturated carbocycles. The van der Waals surface area contributed by atoms with E-state index in [1.807, 2.05) is 36.4 Å². The highest BCUT2D eigenvalue weighted by molar-refractivity contribution is 7.46. The first-order valence-electron chi connectivity index (χ1n) is 9.44. The third-order valence-electron chi connectivity index (χ3n) is 5.62. The summed E-state index contributed by atoms with van der Waals surface area (Å²) in [5, 5.41) is 0. The molecule has 1 aliphatic rings. The average Bonchev–Trinajstić information content (AvgIpc) is 2.62. The van der Waals surface area contributed by atoms with Gasteiger partial charge in [-0.05, 0) is 35.8 Å². The fourth-order valence-electron chi connectivity index (χ4n) is 4.73. The molecule has 0 aliphatic heterocycles. The summed E-state index contributed by atoms with van der Waals surface area (Å²) in [5.74, 6) is -0.00454. The largest absolute Gasteiger partial charge is 0.469 e. The van der Waals surface area contributed by atoms with E-state index in [0.29, 0.717) is 12.8 Å². The molecule has 0 saturated heterocycles. The molecule has 0 spiro atoms. The summed E-state index contributed by atoms with van der Waals surface area (Å²) in [5.41, 5.74) is 1.22. The van der Waals surface area contributed by atoms with Gasteiger partial charge in [0, 0.05) is 5.92 Å². The van der Waals surface area contributed by atoms with Crippen molar-refractivity contribution in [2.75, 3.05) is 0 Å². The lowest BCUT2D eigenvalue weighted by molar-refractivity contribution is -0.0397. The maximum absolute atomic E-state index is 11.5. The lowest BCUT2D eigenvalue weighted by Crippen LogP contribution is -2.45. The summed E-state index contributed by atoms with van der Waals surface area (Å²) in [4.78, 5) is 18.8. The highest BCUT2D eigenvalue weighted by Crippen LogP contribution is 2.54. The molecule has 0 radical (unpaired) electrons. The zero-order chi connectivity index (χ0) is 20.4. The zero-order valence-corrected chi connectivity index (χ0v) is 18.6. The van der Waals surface area contributed by atoms with Gasteiger partial charge in [0.05, 0.1) is 6.10 Å². The van der Waals surface area contributed by atoms with Crippen molar-refractivity contribution in [3.8, 4) is 0 Å². The molecule has 0 amide bonds. The van der Waals surface area contributed by atoms with Crippen LogP contribution >= 0.6 is 17.3 Å². The van der Waals surface area contributed by atoms with E-state index in [2.05, 4.69) is 38.1 Å². The summed E-state index contributed by atoms with van der Waals surface area (Å²) in [7, 11) is -3.09. The second-order valence-electron chi connectivity index (χ2n) is 8.34. The third kappa shape index (κ3) is 4.74. The Morgan fingerprint density at radius 2 is 1.50 bits per heavy atom. The number of hydrogen-bond donors (Lipinski definition) is 2. The lowest BCUT2D eigenvalue weighted by atomic mass is 9.62. The molecule has 0 aromatic heterocycles. The molecule has 2 aromatic carbocycles. The van der Waals surface area contributed by atoms with Crippen LogP contribution in [0.1, 0.15) is 44.2 Å². The SMILES string of the molecule is CC1(C)CC(OP(=O)(O)O)CC(C(O[PH3+])(c2ccccc2)c2ccccc2)C1. The van der Waals surface area contributed by atoms with E-state index in [1.54, 1.807) is 0 Å². The number of hydrogen-bond acceptors (Lipinski definition) is 3. The van der Waals surface area contributed by atoms with E-state index in [0.717, 1.165) is 17.5 Å². The summed E-state index contributed by atoms with van der Waals surface area (Å²) in [6.07, 6.45) is 1.44. The van der Waals surface area contributed by atoms with Gasteiger partial charge in [-0.15, -0.1) is 0 Å². The first-order valence-corrected chi connectivity index (χ1v) is 11.6. The minimum atomic E-state index is -4.56. The van der Waals surface area contributed by atoms with Gasteiger partial charge in [0.15, 0.2) is 5.60 Å². The molecule has 2 N–H and O–H groups in total. The van der Waals surface area contributed by atoms with Crippen molar-refractivity contribution < 1.29 is 23.4 Å². The molecular formula is C21H29O5P2+. The van der Waals surface area contributed by atoms with E-state index in [9.17, 15) is 14.4 Å². The van der Waals surface area contributed by atoms with E-state index in [1.165, 1.54) is 9.47 Å². The Hall–Kier alpha value is -1.06. The van der Waals surface area contributed by atoms with Gasteiger partial charge in [-0.25, -0.2) is 9.09 Å². The van der Waals surface area contributed by atoms with E-state index in [4.69, 9.17) is 9.05 Å². The molecule has 28 heavy (non-hydrogen) atoms. The van der Waals surface area contributed by atoms with Gasteiger partial charge in [-0.2, -0.15) is 0 Å². The summed E-state index contributed by atoms with van der Waals surface area (Å²) < 4.78 is 23.0. The highest BCUT2D eigenvalue weighted by Gasteiger charge is 2.51. The monoisotopic (exact) mass is 423 g/mol. The molecule has 152 valence electrons. The molecule has 3 unspecified atom stereocenters. The zero-order valence-electron chi connectivity index (χ0n) is 16.3. The molecule has 5 nitrogen and oxygen atoms in total. The van der Waals surface area contributed by atoms with E-state index >= 15 is 0 Å². The summed E-state index contributed by atoms with van der Waals surface area (Å²) >= 11 is 0. The standard InChI is InChI=1S/C21H28O5P2/c1-20(2)14-18(13-19(15-20)25-28(22,23)24)21(26-27,16-9-5-3-6-10-16)17-11-7-4-8-12-17/h3-12,18-19H,13-15H2,1-2,27H3,(H-,22,23,24)/p+1. The molecule has 3 rings (SSSR count). The number of benzene rings is 2. The highest BCUT2D eigenvalue weighted by atomic mass is 31.2. The van der Waals surface area contributed by atoms with E-state index < -0.39 is 19.5 Å². The maximum atomic E-state index is 11.5. The van der Waals surface area contributed by atoms with Gasteiger partial charge < -0.3 is 9.79 Å². The Labute approximate surface area is 169 Å². The van der Waals surface area contributed by atoms with Crippen molar-refractivity contribution in [3.05, 3.63) is 71.8 Å². The van der Waals surface area contributed by atoms with Crippen LogP contribution in [0.2, 0.25) is 0 Å². The van der Waals surface area contributed by atoms with Gasteiger partial charge in [0.2, 0.25) is 0 Å². The fraction of sp³-hybridized carbons (Fsp3) is 0.429. The van der Waals surface area contributed by atoms with Crippen molar-refractivity contribution in [1.82, 2.24) is 0 Å². The summed E-state index contributed by atoms with van der Waals surface area (Å²) in [6.45, 7) is 4.24. The molecule has 1 aliphatic carbocycles. The maximum Gasteiger partial charge on any atom is 0.469 e. The number of rotatable bonds is 6. The Kier molecular flexibility index (Phi) is 6.46. The Bertz CT molecular complexity index is 780.